The van der Waals surface area contributed by atoms with E-state index in [4.69, 9.17) is 18.9 Å². The number of aliphatic hydroxyl groups is 1. The Labute approximate surface area is 201 Å². The van der Waals surface area contributed by atoms with E-state index in [9.17, 15) is 19.5 Å². The highest BCUT2D eigenvalue weighted by Crippen LogP contribution is 2.74. The van der Waals surface area contributed by atoms with Crippen molar-refractivity contribution in [2.24, 2.45) is 39.9 Å². The van der Waals surface area contributed by atoms with Crippen LogP contribution in [0.1, 0.15) is 79.6 Å². The topological polar surface area (TPSA) is 108 Å². The molecule has 8 nitrogen and oxygen atoms in total. The average Bonchev–Trinajstić information content (AvgIpc) is 3.20. The summed E-state index contributed by atoms with van der Waals surface area (Å²) in [6.45, 7) is 9.92. The second-order valence-corrected chi connectivity index (χ2v) is 12.1. The van der Waals surface area contributed by atoms with Crippen molar-refractivity contribution in [2.75, 3.05) is 0 Å². The standard InChI is InChI=1S/C26H38O8/c1-6-8-16(28)32-20-18(31-13(2)27)19-24(3,4)11-7-12-25(19,5)15-10-9-14-17-22(33-21(14)29)34-23(30)26(15,17)20/h14-15,17-20,22-23,30H,6-12H2,1-5H3/t14-,15-,17+,18-,19+,20-,22+,23-,25-,26?/m1/s1. The minimum Gasteiger partial charge on any atom is -0.458 e. The predicted octanol–water partition coefficient (Wildman–Crippen LogP) is 3.34. The molecule has 3 saturated carbocycles. The number of hydrogen-bond donors (Lipinski definition) is 1. The van der Waals surface area contributed by atoms with Crippen LogP contribution in [0.15, 0.2) is 0 Å². The number of fused-ring (bicyclic) bond motifs is 2. The van der Waals surface area contributed by atoms with E-state index < -0.39 is 54.0 Å². The maximum atomic E-state index is 13.0. The van der Waals surface area contributed by atoms with Gasteiger partial charge in [-0.2, -0.15) is 0 Å². The molecule has 1 N–H and O–H groups in total. The van der Waals surface area contributed by atoms with Gasteiger partial charge in [0.05, 0.1) is 11.3 Å². The number of carbonyl (C=O) groups is 3. The number of esters is 3. The molecule has 0 radical (unpaired) electrons. The lowest BCUT2D eigenvalue weighted by molar-refractivity contribution is -0.310. The summed E-state index contributed by atoms with van der Waals surface area (Å²) in [5, 5.41) is 11.6. The maximum Gasteiger partial charge on any atom is 0.311 e. The predicted molar refractivity (Wildman–Crippen MR) is 119 cm³/mol. The Morgan fingerprint density at radius 3 is 2.56 bits per heavy atom. The zero-order chi connectivity index (χ0) is 24.6. The van der Waals surface area contributed by atoms with E-state index in [1.54, 1.807) is 0 Å². The van der Waals surface area contributed by atoms with Gasteiger partial charge in [-0.3, -0.25) is 14.4 Å². The highest BCUT2D eigenvalue weighted by atomic mass is 16.8. The molecule has 8 heteroatoms. The van der Waals surface area contributed by atoms with E-state index in [0.29, 0.717) is 19.3 Å². The Morgan fingerprint density at radius 2 is 1.88 bits per heavy atom. The van der Waals surface area contributed by atoms with Crippen molar-refractivity contribution in [1.82, 2.24) is 0 Å². The van der Waals surface area contributed by atoms with Gasteiger partial charge in [-0.1, -0.05) is 34.1 Å². The first-order chi connectivity index (χ1) is 16.0. The van der Waals surface area contributed by atoms with E-state index in [0.717, 1.165) is 19.3 Å². The Kier molecular flexibility index (Phi) is 5.60. The monoisotopic (exact) mass is 478 g/mol. The summed E-state index contributed by atoms with van der Waals surface area (Å²) >= 11 is 0. The highest BCUT2D eigenvalue weighted by Gasteiger charge is 2.81. The van der Waals surface area contributed by atoms with Crippen LogP contribution in [0.2, 0.25) is 0 Å². The highest BCUT2D eigenvalue weighted by molar-refractivity contribution is 5.76. The molecule has 34 heavy (non-hydrogen) atoms. The molecule has 2 heterocycles. The molecule has 2 saturated heterocycles. The molecule has 3 aliphatic carbocycles. The van der Waals surface area contributed by atoms with E-state index in [2.05, 4.69) is 20.8 Å². The second kappa shape index (κ2) is 7.92. The van der Waals surface area contributed by atoms with Crippen LogP contribution in [-0.2, 0) is 33.3 Å². The van der Waals surface area contributed by atoms with E-state index in [1.807, 2.05) is 6.92 Å². The summed E-state index contributed by atoms with van der Waals surface area (Å²) in [5.74, 6) is -2.19. The smallest absolute Gasteiger partial charge is 0.311 e. The molecular formula is C26H38O8. The fourth-order valence-electron chi connectivity index (χ4n) is 9.14. The molecule has 5 aliphatic rings. The summed E-state index contributed by atoms with van der Waals surface area (Å²) < 4.78 is 23.8. The van der Waals surface area contributed by atoms with Crippen LogP contribution in [0.3, 0.4) is 0 Å². The van der Waals surface area contributed by atoms with Crippen LogP contribution in [-0.4, -0.2) is 47.8 Å². The Balaban J connectivity index is 1.73. The summed E-state index contributed by atoms with van der Waals surface area (Å²) in [4.78, 5) is 38.2. The summed E-state index contributed by atoms with van der Waals surface area (Å²) in [7, 11) is 0. The van der Waals surface area contributed by atoms with Gasteiger partial charge in [0.1, 0.15) is 6.10 Å². The molecule has 2 aliphatic heterocycles. The van der Waals surface area contributed by atoms with Crippen LogP contribution in [0.5, 0.6) is 0 Å². The molecule has 10 atom stereocenters. The molecule has 5 rings (SSSR count). The first kappa shape index (κ1) is 24.0. The van der Waals surface area contributed by atoms with Crippen LogP contribution in [0, 0.1) is 39.9 Å². The van der Waals surface area contributed by atoms with Gasteiger partial charge in [0.15, 0.2) is 12.4 Å². The molecule has 0 bridgehead atoms. The Hall–Kier alpha value is -1.67. The van der Waals surface area contributed by atoms with Crippen LogP contribution in [0.25, 0.3) is 0 Å². The third-order valence-electron chi connectivity index (χ3n) is 9.92. The van der Waals surface area contributed by atoms with Gasteiger partial charge in [-0.05, 0) is 48.9 Å². The van der Waals surface area contributed by atoms with Gasteiger partial charge in [0.25, 0.3) is 0 Å². The quantitative estimate of drug-likeness (QED) is 0.484. The van der Waals surface area contributed by atoms with Crippen molar-refractivity contribution in [1.29, 1.82) is 0 Å². The minimum absolute atomic E-state index is 0.0754. The number of aliphatic hydroxyl groups excluding tert-OH is 1. The Morgan fingerprint density at radius 1 is 1.15 bits per heavy atom. The molecule has 190 valence electrons. The van der Waals surface area contributed by atoms with Crippen molar-refractivity contribution in [2.45, 2.75) is 104 Å². The van der Waals surface area contributed by atoms with Crippen molar-refractivity contribution in [3.8, 4) is 0 Å². The molecule has 0 amide bonds. The SMILES string of the molecule is CCCC(=O)O[C@@H]1[C@H](OC(C)=O)[C@H]2C(C)(C)CCC[C@]2(C)[C@H]2CC[C@H]3C(=O)O[C@H]4O[C@@H](O)C12[C@H]43. The van der Waals surface area contributed by atoms with Gasteiger partial charge in [-0.25, -0.2) is 0 Å². The number of ether oxygens (including phenoxy) is 4. The molecule has 1 spiro atoms. The zero-order valence-corrected chi connectivity index (χ0v) is 20.9. The lowest BCUT2D eigenvalue weighted by Gasteiger charge is -2.68. The van der Waals surface area contributed by atoms with Crippen LogP contribution < -0.4 is 0 Å². The number of carbonyl (C=O) groups excluding carboxylic acids is 3. The van der Waals surface area contributed by atoms with Gasteiger partial charge in [0, 0.05) is 25.2 Å². The van der Waals surface area contributed by atoms with Gasteiger partial charge < -0.3 is 24.1 Å². The fourth-order valence-corrected chi connectivity index (χ4v) is 9.14. The first-order valence-corrected chi connectivity index (χ1v) is 12.9. The van der Waals surface area contributed by atoms with Crippen molar-refractivity contribution < 1.29 is 38.4 Å². The van der Waals surface area contributed by atoms with Gasteiger partial charge in [0.2, 0.25) is 6.29 Å². The van der Waals surface area contributed by atoms with Crippen LogP contribution >= 0.6 is 0 Å². The normalized spacial score (nSPS) is 48.2. The summed E-state index contributed by atoms with van der Waals surface area (Å²) in [5.41, 5.74) is -1.56. The summed E-state index contributed by atoms with van der Waals surface area (Å²) in [6, 6.07) is 0. The molecule has 0 aromatic carbocycles. The lowest BCUT2D eigenvalue weighted by Crippen LogP contribution is -2.73. The fraction of sp³-hybridized carbons (Fsp3) is 0.885. The van der Waals surface area contributed by atoms with E-state index in [-0.39, 0.29) is 35.1 Å². The van der Waals surface area contributed by atoms with Gasteiger partial charge >= 0.3 is 17.9 Å². The van der Waals surface area contributed by atoms with E-state index in [1.165, 1.54) is 6.92 Å². The molecule has 5 fully saturated rings. The van der Waals surface area contributed by atoms with Gasteiger partial charge in [-0.15, -0.1) is 0 Å². The Bertz CT molecular complexity index is 884. The zero-order valence-electron chi connectivity index (χ0n) is 20.9. The lowest BCUT2D eigenvalue weighted by atomic mass is 9.37. The van der Waals surface area contributed by atoms with Crippen molar-refractivity contribution in [3.63, 3.8) is 0 Å². The molecule has 0 aromatic heterocycles. The third kappa shape index (κ3) is 3.06. The van der Waals surface area contributed by atoms with Crippen LogP contribution in [0.4, 0.5) is 0 Å². The van der Waals surface area contributed by atoms with E-state index >= 15 is 0 Å². The number of hydrogen-bond acceptors (Lipinski definition) is 8. The first-order valence-electron chi connectivity index (χ1n) is 12.9. The minimum atomic E-state index is -1.29. The molecule has 1 unspecified atom stereocenters. The third-order valence-corrected chi connectivity index (χ3v) is 9.92. The summed E-state index contributed by atoms with van der Waals surface area (Å²) in [6.07, 6.45) is 1.24. The van der Waals surface area contributed by atoms with Crippen molar-refractivity contribution >= 4 is 17.9 Å². The molecule has 0 aromatic rings. The molecular weight excluding hydrogens is 440 g/mol. The average molecular weight is 479 g/mol. The van der Waals surface area contributed by atoms with Crippen molar-refractivity contribution in [3.05, 3.63) is 0 Å². The maximum absolute atomic E-state index is 13.0. The largest absolute Gasteiger partial charge is 0.458 e. The number of rotatable bonds is 4. The second-order valence-electron chi connectivity index (χ2n) is 12.1.